The van der Waals surface area contributed by atoms with Gasteiger partial charge < -0.3 is 19.5 Å². The zero-order valence-corrected chi connectivity index (χ0v) is 16.3. The molecule has 0 aliphatic carbocycles. The first-order chi connectivity index (χ1) is 14.1. The molecule has 29 heavy (non-hydrogen) atoms. The van der Waals surface area contributed by atoms with E-state index in [4.69, 9.17) is 14.2 Å². The Morgan fingerprint density at radius 1 is 1.17 bits per heavy atom. The third-order valence-corrected chi connectivity index (χ3v) is 4.09. The van der Waals surface area contributed by atoms with Crippen molar-refractivity contribution in [3.63, 3.8) is 0 Å². The topological polar surface area (TPSA) is 91.2 Å². The van der Waals surface area contributed by atoms with Crippen LogP contribution < -0.4 is 14.8 Å². The monoisotopic (exact) mass is 395 g/mol. The van der Waals surface area contributed by atoms with E-state index in [0.29, 0.717) is 22.7 Å². The molecule has 2 aromatic heterocycles. The van der Waals surface area contributed by atoms with Crippen molar-refractivity contribution in [3.8, 4) is 11.5 Å². The number of fused-ring (bicyclic) bond motifs is 1. The molecule has 1 aromatic carbocycles. The average molecular weight is 395 g/mol. The normalized spacial score (nSPS) is 10.9. The highest BCUT2D eigenvalue weighted by molar-refractivity contribution is 6.05. The Morgan fingerprint density at radius 2 is 2.00 bits per heavy atom. The summed E-state index contributed by atoms with van der Waals surface area (Å²) < 4.78 is 17.2. The number of nitrogens with zero attached hydrogens (tertiary/aromatic N) is 2. The third kappa shape index (κ3) is 4.37. The number of anilines is 1. The lowest BCUT2D eigenvalue weighted by atomic mass is 10.1. The molecule has 1 amide bonds. The van der Waals surface area contributed by atoms with Crippen molar-refractivity contribution in [1.82, 2.24) is 9.38 Å². The molecule has 1 N–H and O–H groups in total. The fourth-order valence-corrected chi connectivity index (χ4v) is 2.75. The van der Waals surface area contributed by atoms with E-state index >= 15 is 0 Å². The molecule has 0 fully saturated rings. The first-order valence-corrected chi connectivity index (χ1v) is 8.92. The first-order valence-electron chi connectivity index (χ1n) is 8.92. The summed E-state index contributed by atoms with van der Waals surface area (Å²) in [5, 5.41) is 2.71. The Bertz CT molecular complexity index is 1070. The van der Waals surface area contributed by atoms with Gasteiger partial charge in [-0.2, -0.15) is 0 Å². The highest BCUT2D eigenvalue weighted by atomic mass is 16.5. The second kappa shape index (κ2) is 8.92. The highest BCUT2D eigenvalue weighted by Gasteiger charge is 2.21. The van der Waals surface area contributed by atoms with Gasteiger partial charge in [-0.15, -0.1) is 0 Å². The van der Waals surface area contributed by atoms with Crippen molar-refractivity contribution in [2.24, 2.45) is 0 Å². The van der Waals surface area contributed by atoms with Crippen molar-refractivity contribution in [2.75, 3.05) is 26.1 Å². The van der Waals surface area contributed by atoms with Crippen molar-refractivity contribution >= 4 is 29.4 Å². The number of imidazole rings is 1. The van der Waals surface area contributed by atoms with Crippen molar-refractivity contribution in [3.05, 3.63) is 59.9 Å². The second-order valence-corrected chi connectivity index (χ2v) is 5.89. The summed E-state index contributed by atoms with van der Waals surface area (Å²) in [4.78, 5) is 29.1. The first kappa shape index (κ1) is 19.9. The van der Waals surface area contributed by atoms with Crippen LogP contribution in [0.25, 0.3) is 11.7 Å². The number of benzene rings is 1. The zero-order chi connectivity index (χ0) is 20.8. The number of hydrogen-bond acceptors (Lipinski definition) is 6. The van der Waals surface area contributed by atoms with Gasteiger partial charge in [0.25, 0.3) is 0 Å². The Morgan fingerprint density at radius 3 is 2.72 bits per heavy atom. The van der Waals surface area contributed by atoms with Crippen LogP contribution in [0.15, 0.2) is 48.7 Å². The molecule has 0 atom stereocenters. The number of rotatable bonds is 7. The number of nitrogens with one attached hydrogen (secondary N) is 1. The van der Waals surface area contributed by atoms with Crippen LogP contribution in [0.3, 0.4) is 0 Å². The maximum atomic E-state index is 12.6. The predicted molar refractivity (Wildman–Crippen MR) is 108 cm³/mol. The molecule has 0 radical (unpaired) electrons. The van der Waals surface area contributed by atoms with E-state index in [0.717, 1.165) is 0 Å². The molecular formula is C21H21N3O5. The second-order valence-electron chi connectivity index (χ2n) is 5.89. The number of ether oxygens (including phenoxy) is 3. The summed E-state index contributed by atoms with van der Waals surface area (Å²) in [6.07, 6.45) is 4.65. The van der Waals surface area contributed by atoms with Crippen LogP contribution in [0.1, 0.15) is 23.0 Å². The average Bonchev–Trinajstić information content (AvgIpc) is 3.10. The van der Waals surface area contributed by atoms with Gasteiger partial charge in [-0.3, -0.25) is 9.20 Å². The highest BCUT2D eigenvalue weighted by Crippen LogP contribution is 2.25. The lowest BCUT2D eigenvalue weighted by Crippen LogP contribution is -2.14. The van der Waals surface area contributed by atoms with Gasteiger partial charge in [0.05, 0.1) is 20.8 Å². The zero-order valence-electron chi connectivity index (χ0n) is 16.3. The minimum absolute atomic E-state index is 0.0405. The number of pyridine rings is 1. The van der Waals surface area contributed by atoms with E-state index < -0.39 is 11.9 Å². The van der Waals surface area contributed by atoms with Gasteiger partial charge in [-0.1, -0.05) is 6.07 Å². The molecule has 8 heteroatoms. The van der Waals surface area contributed by atoms with E-state index in [2.05, 4.69) is 10.3 Å². The van der Waals surface area contributed by atoms with E-state index in [-0.39, 0.29) is 18.1 Å². The van der Waals surface area contributed by atoms with Crippen LogP contribution in [0.5, 0.6) is 11.5 Å². The molecule has 0 aliphatic rings. The van der Waals surface area contributed by atoms with Gasteiger partial charge in [0.1, 0.15) is 17.1 Å². The molecule has 0 spiro atoms. The fourth-order valence-electron chi connectivity index (χ4n) is 2.75. The Labute approximate surface area is 167 Å². The molecule has 0 unspecified atom stereocenters. The maximum absolute atomic E-state index is 12.6. The number of carbonyl (C=O) groups is 2. The van der Waals surface area contributed by atoms with Gasteiger partial charge in [-0.05, 0) is 43.3 Å². The van der Waals surface area contributed by atoms with Crippen LogP contribution in [0.4, 0.5) is 5.82 Å². The van der Waals surface area contributed by atoms with E-state index in [9.17, 15) is 9.59 Å². The van der Waals surface area contributed by atoms with E-state index in [1.807, 2.05) is 0 Å². The van der Waals surface area contributed by atoms with Crippen LogP contribution in [0.2, 0.25) is 0 Å². The summed E-state index contributed by atoms with van der Waals surface area (Å²) >= 11 is 0. The van der Waals surface area contributed by atoms with Crippen molar-refractivity contribution in [1.29, 1.82) is 0 Å². The number of amides is 1. The Hall–Kier alpha value is -3.81. The van der Waals surface area contributed by atoms with E-state index in [1.54, 1.807) is 74.2 Å². The smallest absolute Gasteiger partial charge is 0.360 e. The number of hydrogen-bond donors (Lipinski definition) is 1. The molecular weight excluding hydrogens is 374 g/mol. The minimum atomic E-state index is -0.607. The van der Waals surface area contributed by atoms with Crippen LogP contribution >= 0.6 is 0 Å². The Balaban J connectivity index is 1.89. The van der Waals surface area contributed by atoms with E-state index in [1.165, 1.54) is 6.08 Å². The SMILES string of the molecule is CCOC(=O)c1nc2ccccn2c1NC(=O)/C=C/c1cc(OC)ccc1OC. The standard InChI is InChI=1S/C21H21N3O5/c1-4-29-21(26)19-20(24-12-6-5-7-17(24)22-19)23-18(25)11-8-14-13-15(27-2)9-10-16(14)28-3/h5-13H,4H2,1-3H3,(H,23,25)/b11-8+. The largest absolute Gasteiger partial charge is 0.497 e. The Kier molecular flexibility index (Phi) is 6.13. The predicted octanol–water partition coefficient (Wildman–Crippen LogP) is 3.18. The van der Waals surface area contributed by atoms with Gasteiger partial charge in [0, 0.05) is 17.8 Å². The molecule has 0 aliphatic heterocycles. The van der Waals surface area contributed by atoms with Crippen LogP contribution in [-0.2, 0) is 9.53 Å². The van der Waals surface area contributed by atoms with Crippen molar-refractivity contribution in [2.45, 2.75) is 6.92 Å². The quantitative estimate of drug-likeness (QED) is 0.488. The summed E-state index contributed by atoms with van der Waals surface area (Å²) in [5.41, 5.74) is 1.23. The minimum Gasteiger partial charge on any atom is -0.497 e. The fraction of sp³-hybridized carbons (Fsp3) is 0.190. The molecule has 0 saturated heterocycles. The molecule has 3 aromatic rings. The molecule has 3 rings (SSSR count). The van der Waals surface area contributed by atoms with Crippen LogP contribution in [0, 0.1) is 0 Å². The lowest BCUT2D eigenvalue weighted by molar-refractivity contribution is -0.111. The number of aromatic nitrogens is 2. The number of esters is 1. The molecule has 150 valence electrons. The van der Waals surface area contributed by atoms with Crippen molar-refractivity contribution < 1.29 is 23.8 Å². The number of methoxy groups -OCH3 is 2. The summed E-state index contributed by atoms with van der Waals surface area (Å²) in [6.45, 7) is 1.91. The molecule has 0 saturated carbocycles. The molecule has 0 bridgehead atoms. The van der Waals surface area contributed by atoms with Crippen LogP contribution in [-0.4, -0.2) is 42.1 Å². The summed E-state index contributed by atoms with van der Waals surface area (Å²) in [6, 6.07) is 10.6. The third-order valence-electron chi connectivity index (χ3n) is 4.09. The molecule has 2 heterocycles. The summed E-state index contributed by atoms with van der Waals surface area (Å²) in [7, 11) is 3.10. The van der Waals surface area contributed by atoms with Gasteiger partial charge >= 0.3 is 5.97 Å². The van der Waals surface area contributed by atoms with Gasteiger partial charge in [-0.25, -0.2) is 9.78 Å². The molecule has 8 nitrogen and oxygen atoms in total. The van der Waals surface area contributed by atoms with Gasteiger partial charge in [0.2, 0.25) is 5.91 Å². The maximum Gasteiger partial charge on any atom is 0.360 e. The number of carbonyl (C=O) groups excluding carboxylic acids is 2. The summed E-state index contributed by atoms with van der Waals surface area (Å²) in [5.74, 6) is 0.427. The van der Waals surface area contributed by atoms with Gasteiger partial charge in [0.15, 0.2) is 11.5 Å². The lowest BCUT2D eigenvalue weighted by Gasteiger charge is -2.07.